The molecule has 1 aromatic carbocycles. The van der Waals surface area contributed by atoms with E-state index < -0.39 is 0 Å². The number of hydrogen-bond acceptors (Lipinski definition) is 2. The number of nitrogens with zero attached hydrogens (tertiary/aromatic N) is 1. The molecule has 2 N–H and O–H groups in total. The molecule has 1 atom stereocenters. The van der Waals surface area contributed by atoms with Crippen LogP contribution in [-0.2, 0) is 0 Å². The van der Waals surface area contributed by atoms with E-state index in [9.17, 15) is 0 Å². The molecule has 0 spiro atoms. The van der Waals surface area contributed by atoms with Crippen LogP contribution in [0.4, 0.5) is 0 Å². The molecule has 0 aliphatic rings. The van der Waals surface area contributed by atoms with Crippen molar-refractivity contribution in [2.75, 3.05) is 0 Å². The molecular weight excluding hydrogens is 300 g/mol. The van der Waals surface area contributed by atoms with Gasteiger partial charge in [0.25, 0.3) is 0 Å². The summed E-state index contributed by atoms with van der Waals surface area (Å²) in [5.41, 5.74) is 9.25. The third-order valence-corrected chi connectivity index (χ3v) is 3.55. The molecule has 88 valence electrons. The predicted molar refractivity (Wildman–Crippen MR) is 74.2 cm³/mol. The zero-order valence-electron chi connectivity index (χ0n) is 9.32. The number of nitrogens with two attached hydrogens (primary N) is 1. The lowest BCUT2D eigenvalue weighted by Crippen LogP contribution is -2.14. The molecule has 0 aliphatic heterocycles. The van der Waals surface area contributed by atoms with Gasteiger partial charge in [-0.15, -0.1) is 0 Å². The fourth-order valence-electron chi connectivity index (χ4n) is 1.72. The average molecular weight is 312 g/mol. The Morgan fingerprint density at radius 2 is 2.06 bits per heavy atom. The number of halogens is 2. The van der Waals surface area contributed by atoms with Gasteiger partial charge in [-0.25, -0.2) is 0 Å². The van der Waals surface area contributed by atoms with Crippen LogP contribution in [0.2, 0.25) is 5.02 Å². The molecule has 2 rings (SSSR count). The van der Waals surface area contributed by atoms with Gasteiger partial charge in [0.1, 0.15) is 0 Å². The van der Waals surface area contributed by atoms with Crippen LogP contribution in [0.1, 0.15) is 22.7 Å². The monoisotopic (exact) mass is 310 g/mol. The first-order chi connectivity index (χ1) is 8.09. The third kappa shape index (κ3) is 2.68. The van der Waals surface area contributed by atoms with E-state index in [1.165, 1.54) is 0 Å². The van der Waals surface area contributed by atoms with Gasteiger partial charge in [-0.05, 0) is 47.9 Å². The number of rotatable bonds is 2. The number of aromatic nitrogens is 1. The van der Waals surface area contributed by atoms with Crippen molar-refractivity contribution < 1.29 is 0 Å². The molecular formula is C13H12BrClN2. The minimum Gasteiger partial charge on any atom is -0.320 e. The Labute approximate surface area is 114 Å². The maximum atomic E-state index is 6.24. The fraction of sp³-hybridized carbons (Fsp3) is 0.154. The lowest BCUT2D eigenvalue weighted by molar-refractivity contribution is 0.852. The predicted octanol–water partition coefficient (Wildman–Crippen LogP) is 3.85. The first-order valence-electron chi connectivity index (χ1n) is 5.20. The highest BCUT2D eigenvalue weighted by molar-refractivity contribution is 9.10. The topological polar surface area (TPSA) is 38.9 Å². The first kappa shape index (κ1) is 12.6. The van der Waals surface area contributed by atoms with Gasteiger partial charge in [0.15, 0.2) is 0 Å². The molecule has 0 aliphatic carbocycles. The molecule has 0 bridgehead atoms. The molecule has 2 nitrogen and oxygen atoms in total. The minimum atomic E-state index is -0.256. The van der Waals surface area contributed by atoms with E-state index in [1.54, 1.807) is 12.4 Å². The van der Waals surface area contributed by atoms with Crippen LogP contribution in [0, 0.1) is 6.92 Å². The van der Waals surface area contributed by atoms with Gasteiger partial charge in [-0.1, -0.05) is 27.5 Å². The van der Waals surface area contributed by atoms with E-state index in [2.05, 4.69) is 20.9 Å². The highest BCUT2D eigenvalue weighted by Crippen LogP contribution is 2.30. The second-order valence-corrected chi connectivity index (χ2v) is 5.20. The molecule has 0 saturated carbocycles. The zero-order valence-corrected chi connectivity index (χ0v) is 11.7. The molecule has 1 aromatic heterocycles. The van der Waals surface area contributed by atoms with E-state index in [0.29, 0.717) is 5.02 Å². The smallest absolute Gasteiger partial charge is 0.0584 e. The molecule has 0 radical (unpaired) electrons. The van der Waals surface area contributed by atoms with Crippen molar-refractivity contribution in [1.29, 1.82) is 0 Å². The summed E-state index contributed by atoms with van der Waals surface area (Å²) in [7, 11) is 0. The van der Waals surface area contributed by atoms with Gasteiger partial charge in [-0.2, -0.15) is 0 Å². The SMILES string of the molecule is Cc1ccncc1C(N)c1cc(Br)ccc1Cl. The summed E-state index contributed by atoms with van der Waals surface area (Å²) >= 11 is 9.60. The zero-order chi connectivity index (χ0) is 12.4. The van der Waals surface area contributed by atoms with Crippen molar-refractivity contribution in [2.45, 2.75) is 13.0 Å². The highest BCUT2D eigenvalue weighted by Gasteiger charge is 2.14. The normalized spacial score (nSPS) is 12.5. The lowest BCUT2D eigenvalue weighted by atomic mass is 9.98. The van der Waals surface area contributed by atoms with E-state index >= 15 is 0 Å². The number of hydrogen-bond donors (Lipinski definition) is 1. The molecule has 1 heterocycles. The van der Waals surface area contributed by atoms with Gasteiger partial charge in [0, 0.05) is 21.9 Å². The number of benzene rings is 1. The Hall–Kier alpha value is -0.900. The molecule has 2 aromatic rings. The summed E-state index contributed by atoms with van der Waals surface area (Å²) < 4.78 is 0.967. The van der Waals surface area contributed by atoms with Crippen molar-refractivity contribution >= 4 is 27.5 Å². The first-order valence-corrected chi connectivity index (χ1v) is 6.37. The highest BCUT2D eigenvalue weighted by atomic mass is 79.9. The largest absolute Gasteiger partial charge is 0.320 e. The van der Waals surface area contributed by atoms with Gasteiger partial charge in [0.05, 0.1) is 6.04 Å². The van der Waals surface area contributed by atoms with Crippen LogP contribution in [0.25, 0.3) is 0 Å². The van der Waals surface area contributed by atoms with Crippen LogP contribution < -0.4 is 5.73 Å². The summed E-state index contributed by atoms with van der Waals surface area (Å²) in [4.78, 5) is 4.11. The average Bonchev–Trinajstić information content (AvgIpc) is 2.32. The van der Waals surface area contributed by atoms with Crippen LogP contribution in [0.3, 0.4) is 0 Å². The second kappa shape index (κ2) is 5.17. The molecule has 1 unspecified atom stereocenters. The number of aryl methyl sites for hydroxylation is 1. The van der Waals surface area contributed by atoms with Crippen LogP contribution in [0.15, 0.2) is 41.1 Å². The fourth-order valence-corrected chi connectivity index (χ4v) is 2.34. The standard InChI is InChI=1S/C13H12BrClN2/c1-8-4-5-17-7-11(8)13(16)10-6-9(14)2-3-12(10)15/h2-7,13H,16H2,1H3. The number of pyridine rings is 1. The summed E-state index contributed by atoms with van der Waals surface area (Å²) in [6.45, 7) is 2.02. The van der Waals surface area contributed by atoms with Crippen molar-refractivity contribution in [3.8, 4) is 0 Å². The van der Waals surface area contributed by atoms with Crippen LogP contribution >= 0.6 is 27.5 Å². The molecule has 0 amide bonds. The summed E-state index contributed by atoms with van der Waals surface area (Å²) in [5, 5.41) is 0.670. The molecule has 0 fully saturated rings. The van der Waals surface area contributed by atoms with Gasteiger partial charge >= 0.3 is 0 Å². The second-order valence-electron chi connectivity index (χ2n) is 3.88. The van der Waals surface area contributed by atoms with E-state index in [-0.39, 0.29) is 6.04 Å². The summed E-state index contributed by atoms with van der Waals surface area (Å²) in [6.07, 6.45) is 3.55. The Morgan fingerprint density at radius 1 is 1.29 bits per heavy atom. The van der Waals surface area contributed by atoms with Gasteiger partial charge in [-0.3, -0.25) is 4.98 Å². The van der Waals surface area contributed by atoms with Crippen molar-refractivity contribution in [2.24, 2.45) is 5.73 Å². The Balaban J connectivity index is 2.47. The van der Waals surface area contributed by atoms with Gasteiger partial charge < -0.3 is 5.73 Å². The molecule has 4 heteroatoms. The maximum Gasteiger partial charge on any atom is 0.0584 e. The Bertz CT molecular complexity index is 543. The van der Waals surface area contributed by atoms with Crippen molar-refractivity contribution in [3.63, 3.8) is 0 Å². The Morgan fingerprint density at radius 3 is 2.76 bits per heavy atom. The summed E-state index contributed by atoms with van der Waals surface area (Å²) in [6, 6.07) is 7.37. The van der Waals surface area contributed by atoms with Crippen molar-refractivity contribution in [1.82, 2.24) is 4.98 Å². The van der Waals surface area contributed by atoms with E-state index in [0.717, 1.165) is 21.2 Å². The molecule has 17 heavy (non-hydrogen) atoms. The lowest BCUT2D eigenvalue weighted by Gasteiger charge is -2.16. The van der Waals surface area contributed by atoms with Gasteiger partial charge in [0.2, 0.25) is 0 Å². The summed E-state index contributed by atoms with van der Waals surface area (Å²) in [5.74, 6) is 0. The van der Waals surface area contributed by atoms with Crippen LogP contribution in [0.5, 0.6) is 0 Å². The molecule has 0 saturated heterocycles. The van der Waals surface area contributed by atoms with E-state index in [4.69, 9.17) is 17.3 Å². The quantitative estimate of drug-likeness (QED) is 0.915. The minimum absolute atomic E-state index is 0.256. The van der Waals surface area contributed by atoms with E-state index in [1.807, 2.05) is 31.2 Å². The Kier molecular flexibility index (Phi) is 3.82. The maximum absolute atomic E-state index is 6.24. The van der Waals surface area contributed by atoms with Crippen LogP contribution in [-0.4, -0.2) is 4.98 Å². The van der Waals surface area contributed by atoms with Crippen molar-refractivity contribution in [3.05, 3.63) is 62.8 Å². The third-order valence-electron chi connectivity index (χ3n) is 2.71.